The van der Waals surface area contributed by atoms with E-state index in [-0.39, 0.29) is 0 Å². The van der Waals surface area contributed by atoms with Crippen molar-refractivity contribution in [1.82, 2.24) is 10.3 Å². The first kappa shape index (κ1) is 9.00. The van der Waals surface area contributed by atoms with E-state index in [0.717, 1.165) is 12.1 Å². The van der Waals surface area contributed by atoms with Crippen molar-refractivity contribution in [3.63, 3.8) is 0 Å². The molecule has 3 nitrogen and oxygen atoms in total. The first-order chi connectivity index (χ1) is 5.83. The molecule has 0 aliphatic heterocycles. The monoisotopic (exact) mass is 166 g/mol. The molecule has 0 bridgehead atoms. The maximum atomic E-state index is 5.33. The molecule has 0 amide bonds. The molecule has 0 saturated heterocycles. The Kier molecular flexibility index (Phi) is 3.54. The normalized spacial score (nSPS) is 9.83. The molecule has 0 unspecified atom stereocenters. The largest absolute Gasteiger partial charge is 0.476 e. The molecule has 0 fully saturated rings. The number of likely N-dealkylation sites (N-methyl/N-ethyl adjacent to an activating group) is 1. The predicted molar refractivity (Wildman–Crippen MR) is 48.4 cm³/mol. The lowest BCUT2D eigenvalue weighted by atomic mass is 10.3. The van der Waals surface area contributed by atoms with Gasteiger partial charge in [0.05, 0.1) is 0 Å². The summed E-state index contributed by atoms with van der Waals surface area (Å²) in [6.07, 6.45) is 1.80. The number of ether oxygens (including phenoxy) is 1. The van der Waals surface area contributed by atoms with E-state index in [1.54, 1.807) is 6.20 Å². The lowest BCUT2D eigenvalue weighted by molar-refractivity contribution is 0.306. The third kappa shape index (κ3) is 2.88. The van der Waals surface area contributed by atoms with E-state index < -0.39 is 0 Å². The van der Waals surface area contributed by atoms with Crippen LogP contribution in [-0.4, -0.2) is 25.2 Å². The fourth-order valence-electron chi connectivity index (χ4n) is 0.797. The van der Waals surface area contributed by atoms with Crippen molar-refractivity contribution in [2.75, 3.05) is 20.2 Å². The van der Waals surface area contributed by atoms with Crippen molar-refractivity contribution in [2.24, 2.45) is 0 Å². The Balaban J connectivity index is 2.37. The van der Waals surface area contributed by atoms with Gasteiger partial charge in [-0.15, -0.1) is 0 Å². The zero-order chi connectivity index (χ0) is 8.81. The highest BCUT2D eigenvalue weighted by Crippen LogP contribution is 2.05. The van der Waals surface area contributed by atoms with Crippen LogP contribution in [0.2, 0.25) is 0 Å². The predicted octanol–water partition coefficient (Wildman–Crippen LogP) is 0.988. The molecule has 1 heterocycles. The summed E-state index contributed by atoms with van der Waals surface area (Å²) in [6, 6.07) is 3.87. The van der Waals surface area contributed by atoms with Crippen LogP contribution in [0.1, 0.15) is 5.56 Å². The zero-order valence-corrected chi connectivity index (χ0v) is 7.50. The summed E-state index contributed by atoms with van der Waals surface area (Å²) in [5.74, 6) is 0.691. The Labute approximate surface area is 72.8 Å². The minimum Gasteiger partial charge on any atom is -0.476 e. The molecule has 1 aromatic rings. The fraction of sp³-hybridized carbons (Fsp3) is 0.444. The number of hydrogen-bond donors (Lipinski definition) is 1. The highest BCUT2D eigenvalue weighted by Gasteiger charge is 1.92. The molecule has 66 valence electrons. The van der Waals surface area contributed by atoms with E-state index in [2.05, 4.69) is 10.3 Å². The summed E-state index contributed by atoms with van der Waals surface area (Å²) in [5, 5.41) is 3.00. The van der Waals surface area contributed by atoms with Crippen molar-refractivity contribution in [3.8, 4) is 5.88 Å². The summed E-state index contributed by atoms with van der Waals surface area (Å²) < 4.78 is 5.33. The Hall–Kier alpha value is -1.09. The molecule has 1 N–H and O–H groups in total. The van der Waals surface area contributed by atoms with E-state index in [0.29, 0.717) is 12.5 Å². The number of aromatic nitrogens is 1. The van der Waals surface area contributed by atoms with Gasteiger partial charge < -0.3 is 10.1 Å². The minimum atomic E-state index is 0.659. The number of rotatable bonds is 4. The van der Waals surface area contributed by atoms with Gasteiger partial charge in [-0.1, -0.05) is 6.07 Å². The Morgan fingerprint density at radius 2 is 2.33 bits per heavy atom. The number of hydrogen-bond acceptors (Lipinski definition) is 3. The summed E-state index contributed by atoms with van der Waals surface area (Å²) in [5.41, 5.74) is 1.15. The molecular weight excluding hydrogens is 152 g/mol. The van der Waals surface area contributed by atoms with E-state index >= 15 is 0 Å². The Morgan fingerprint density at radius 3 is 2.92 bits per heavy atom. The SMILES string of the molecule is CNCCOc1ccc(C)cn1. The van der Waals surface area contributed by atoms with Gasteiger partial charge in [0.2, 0.25) is 5.88 Å². The van der Waals surface area contributed by atoms with Crippen LogP contribution in [0, 0.1) is 6.92 Å². The second-order valence-electron chi connectivity index (χ2n) is 2.63. The molecular formula is C9H14N2O. The first-order valence-electron chi connectivity index (χ1n) is 4.03. The maximum Gasteiger partial charge on any atom is 0.213 e. The van der Waals surface area contributed by atoms with E-state index in [4.69, 9.17) is 4.74 Å². The highest BCUT2D eigenvalue weighted by molar-refractivity contribution is 5.16. The van der Waals surface area contributed by atoms with Gasteiger partial charge in [-0.2, -0.15) is 0 Å². The quantitative estimate of drug-likeness (QED) is 0.677. The Bertz CT molecular complexity index is 220. The molecule has 0 aliphatic rings. The van der Waals surface area contributed by atoms with Crippen molar-refractivity contribution >= 4 is 0 Å². The lowest BCUT2D eigenvalue weighted by Crippen LogP contribution is -2.16. The van der Waals surface area contributed by atoms with Crippen LogP contribution in [0.5, 0.6) is 5.88 Å². The van der Waals surface area contributed by atoms with E-state index in [9.17, 15) is 0 Å². The van der Waals surface area contributed by atoms with Crippen molar-refractivity contribution in [3.05, 3.63) is 23.9 Å². The van der Waals surface area contributed by atoms with Gasteiger partial charge in [0.15, 0.2) is 0 Å². The van der Waals surface area contributed by atoms with Crippen molar-refractivity contribution in [1.29, 1.82) is 0 Å². The summed E-state index contributed by atoms with van der Waals surface area (Å²) in [7, 11) is 1.89. The summed E-state index contributed by atoms with van der Waals surface area (Å²) in [6.45, 7) is 3.51. The molecule has 0 atom stereocenters. The summed E-state index contributed by atoms with van der Waals surface area (Å²) >= 11 is 0. The van der Waals surface area contributed by atoms with Crippen LogP contribution in [-0.2, 0) is 0 Å². The molecule has 0 saturated carbocycles. The minimum absolute atomic E-state index is 0.659. The molecule has 0 aliphatic carbocycles. The highest BCUT2D eigenvalue weighted by atomic mass is 16.5. The summed E-state index contributed by atoms with van der Waals surface area (Å²) in [4.78, 5) is 4.10. The van der Waals surface area contributed by atoms with Gasteiger partial charge >= 0.3 is 0 Å². The average molecular weight is 166 g/mol. The number of pyridine rings is 1. The van der Waals surface area contributed by atoms with Gasteiger partial charge in [-0.25, -0.2) is 4.98 Å². The molecule has 12 heavy (non-hydrogen) atoms. The zero-order valence-electron chi connectivity index (χ0n) is 7.50. The smallest absolute Gasteiger partial charge is 0.213 e. The van der Waals surface area contributed by atoms with Crippen LogP contribution < -0.4 is 10.1 Å². The van der Waals surface area contributed by atoms with Crippen LogP contribution >= 0.6 is 0 Å². The van der Waals surface area contributed by atoms with Gasteiger partial charge in [0.25, 0.3) is 0 Å². The standard InChI is InChI=1S/C9H14N2O/c1-8-3-4-9(11-7-8)12-6-5-10-2/h3-4,7,10H,5-6H2,1-2H3. The van der Waals surface area contributed by atoms with Crippen molar-refractivity contribution < 1.29 is 4.74 Å². The Morgan fingerprint density at radius 1 is 1.50 bits per heavy atom. The number of aryl methyl sites for hydroxylation is 1. The van der Waals surface area contributed by atoms with Crippen molar-refractivity contribution in [2.45, 2.75) is 6.92 Å². The molecule has 3 heteroatoms. The number of nitrogens with zero attached hydrogens (tertiary/aromatic N) is 1. The van der Waals surface area contributed by atoms with E-state index in [1.165, 1.54) is 0 Å². The van der Waals surface area contributed by atoms with Crippen LogP contribution in [0.4, 0.5) is 0 Å². The molecule has 0 radical (unpaired) electrons. The van der Waals surface area contributed by atoms with E-state index in [1.807, 2.05) is 26.1 Å². The topological polar surface area (TPSA) is 34.1 Å². The molecule has 1 rings (SSSR count). The van der Waals surface area contributed by atoms with Gasteiger partial charge in [0, 0.05) is 18.8 Å². The first-order valence-corrected chi connectivity index (χ1v) is 4.03. The van der Waals surface area contributed by atoms with Crippen LogP contribution in [0.15, 0.2) is 18.3 Å². The lowest BCUT2D eigenvalue weighted by Gasteiger charge is -2.03. The third-order valence-electron chi connectivity index (χ3n) is 1.49. The average Bonchev–Trinajstić information content (AvgIpc) is 2.09. The van der Waals surface area contributed by atoms with Gasteiger partial charge in [-0.3, -0.25) is 0 Å². The van der Waals surface area contributed by atoms with Crippen LogP contribution in [0.25, 0.3) is 0 Å². The molecule has 0 spiro atoms. The molecule has 1 aromatic heterocycles. The second kappa shape index (κ2) is 4.72. The maximum absolute atomic E-state index is 5.33. The fourth-order valence-corrected chi connectivity index (χ4v) is 0.797. The van der Waals surface area contributed by atoms with Gasteiger partial charge in [-0.05, 0) is 19.5 Å². The third-order valence-corrected chi connectivity index (χ3v) is 1.49. The molecule has 0 aromatic carbocycles. The second-order valence-corrected chi connectivity index (χ2v) is 2.63. The van der Waals surface area contributed by atoms with Crippen LogP contribution in [0.3, 0.4) is 0 Å². The number of nitrogens with one attached hydrogen (secondary N) is 1. The van der Waals surface area contributed by atoms with Gasteiger partial charge in [0.1, 0.15) is 6.61 Å².